The summed E-state index contributed by atoms with van der Waals surface area (Å²) in [4.78, 5) is 36.1. The third-order valence-electron chi connectivity index (χ3n) is 5.19. The second kappa shape index (κ2) is 12.9. The summed E-state index contributed by atoms with van der Waals surface area (Å²) in [5.41, 5.74) is 2.71. The molecule has 2 N–H and O–H groups in total. The van der Waals surface area contributed by atoms with Crippen molar-refractivity contribution >= 4 is 23.5 Å². The number of nitrogens with one attached hydrogen (secondary N) is 2. The fraction of sp³-hybridized carbons (Fsp3) is 0.250. The minimum atomic E-state index is -0.516. The van der Waals surface area contributed by atoms with Gasteiger partial charge in [0.25, 0.3) is 5.91 Å². The number of amides is 2. The average molecular weight is 475 g/mol. The van der Waals surface area contributed by atoms with Crippen LogP contribution in [0.2, 0.25) is 0 Å². The highest BCUT2D eigenvalue weighted by Gasteiger charge is 2.12. The molecule has 0 fully saturated rings. The van der Waals surface area contributed by atoms with Crippen molar-refractivity contribution in [3.05, 3.63) is 90.0 Å². The monoisotopic (exact) mass is 474 g/mol. The molecule has 0 saturated carbocycles. The highest BCUT2D eigenvalue weighted by molar-refractivity contribution is 5.91. The van der Waals surface area contributed by atoms with Crippen LogP contribution >= 0.6 is 0 Å². The molecule has 0 unspecified atom stereocenters. The summed E-state index contributed by atoms with van der Waals surface area (Å²) in [6.45, 7) is 3.51. The van der Waals surface area contributed by atoms with Gasteiger partial charge in [-0.1, -0.05) is 42.5 Å². The lowest BCUT2D eigenvalue weighted by molar-refractivity contribution is -0.148. The molecule has 3 aromatic rings. The number of hydrogen-bond acceptors (Lipinski definition) is 5. The van der Waals surface area contributed by atoms with Crippen molar-refractivity contribution in [3.8, 4) is 11.5 Å². The normalized spacial score (nSPS) is 11.3. The van der Waals surface area contributed by atoms with Gasteiger partial charge >= 0.3 is 5.97 Å². The molecule has 0 aliphatic carbocycles. The number of benzene rings is 3. The summed E-state index contributed by atoms with van der Waals surface area (Å²) in [6.07, 6.45) is 0.535. The summed E-state index contributed by atoms with van der Waals surface area (Å²) in [5.74, 6) is 0.315. The number of anilines is 1. The molecule has 0 heterocycles. The van der Waals surface area contributed by atoms with E-state index in [4.69, 9.17) is 9.47 Å². The smallest absolute Gasteiger partial charge is 0.306 e. The molecule has 0 radical (unpaired) electrons. The number of aryl methyl sites for hydroxylation is 1. The first-order valence-electron chi connectivity index (χ1n) is 11.5. The first kappa shape index (κ1) is 25.5. The zero-order valence-electron chi connectivity index (χ0n) is 20.0. The van der Waals surface area contributed by atoms with E-state index in [0.29, 0.717) is 17.9 Å². The van der Waals surface area contributed by atoms with Gasteiger partial charge in [-0.15, -0.1) is 0 Å². The zero-order chi connectivity index (χ0) is 25.0. The van der Waals surface area contributed by atoms with Crippen molar-refractivity contribution < 1.29 is 23.9 Å². The van der Waals surface area contributed by atoms with Crippen molar-refractivity contribution in [1.29, 1.82) is 0 Å². The lowest BCUT2D eigenvalue weighted by atomic mass is 10.1. The Balaban J connectivity index is 1.31. The van der Waals surface area contributed by atoms with Gasteiger partial charge in [-0.3, -0.25) is 14.4 Å². The van der Waals surface area contributed by atoms with Gasteiger partial charge in [0.1, 0.15) is 11.5 Å². The van der Waals surface area contributed by atoms with Crippen LogP contribution in [-0.2, 0) is 19.1 Å². The van der Waals surface area contributed by atoms with Crippen LogP contribution in [0.3, 0.4) is 0 Å². The number of ether oxygens (including phenoxy) is 2. The van der Waals surface area contributed by atoms with Gasteiger partial charge in [0.15, 0.2) is 6.61 Å². The Bertz CT molecular complexity index is 1130. The maximum Gasteiger partial charge on any atom is 0.306 e. The SMILES string of the molecule is Cc1cccc(Oc2ccc(NC(=O)CCCC(=O)OCC(=O)N[C@@H](C)c3ccccc3)cc2)c1. The van der Waals surface area contributed by atoms with E-state index in [1.54, 1.807) is 24.3 Å². The Hall–Kier alpha value is -4.13. The Kier molecular flexibility index (Phi) is 9.42. The summed E-state index contributed by atoms with van der Waals surface area (Å²) >= 11 is 0. The summed E-state index contributed by atoms with van der Waals surface area (Å²) in [6, 6.07) is 24.1. The van der Waals surface area contributed by atoms with E-state index in [9.17, 15) is 14.4 Å². The predicted octanol–water partition coefficient (Wildman–Crippen LogP) is 5.32. The molecule has 182 valence electrons. The summed E-state index contributed by atoms with van der Waals surface area (Å²) < 4.78 is 10.8. The van der Waals surface area contributed by atoms with Crippen molar-refractivity contribution in [2.24, 2.45) is 0 Å². The van der Waals surface area contributed by atoms with Gasteiger partial charge in [0, 0.05) is 18.5 Å². The molecule has 3 rings (SSSR count). The topological polar surface area (TPSA) is 93.7 Å². The lowest BCUT2D eigenvalue weighted by Gasteiger charge is -2.14. The minimum absolute atomic E-state index is 0.0538. The quantitative estimate of drug-likeness (QED) is 0.367. The molecule has 1 atom stereocenters. The van der Waals surface area contributed by atoms with E-state index in [-0.39, 0.29) is 37.3 Å². The van der Waals surface area contributed by atoms with E-state index in [2.05, 4.69) is 10.6 Å². The molecule has 2 amide bonds. The van der Waals surface area contributed by atoms with Crippen LogP contribution in [-0.4, -0.2) is 24.4 Å². The summed E-state index contributed by atoms with van der Waals surface area (Å²) in [7, 11) is 0. The molecule has 0 saturated heterocycles. The second-order valence-corrected chi connectivity index (χ2v) is 8.21. The number of rotatable bonds is 11. The van der Waals surface area contributed by atoms with Crippen LogP contribution in [0.5, 0.6) is 11.5 Å². The van der Waals surface area contributed by atoms with Crippen LogP contribution in [0, 0.1) is 6.92 Å². The molecule has 7 heteroatoms. The standard InChI is InChI=1S/C28H30N2O5/c1-20-8-6-11-25(18-20)35-24-16-14-23(15-17-24)30-26(31)12-7-13-28(33)34-19-27(32)29-21(2)22-9-4-3-5-10-22/h3-6,8-11,14-18,21H,7,12-13,19H2,1-2H3,(H,29,32)(H,30,31)/t21-/m0/s1. The van der Waals surface area contributed by atoms with Crippen LogP contribution in [0.4, 0.5) is 5.69 Å². The van der Waals surface area contributed by atoms with Gasteiger partial charge in [0.2, 0.25) is 5.91 Å². The van der Waals surface area contributed by atoms with Gasteiger partial charge in [-0.2, -0.15) is 0 Å². The average Bonchev–Trinajstić information content (AvgIpc) is 2.84. The Morgan fingerprint density at radius 1 is 0.829 bits per heavy atom. The van der Waals surface area contributed by atoms with Crippen molar-refractivity contribution in [2.45, 2.75) is 39.2 Å². The predicted molar refractivity (Wildman–Crippen MR) is 134 cm³/mol. The van der Waals surface area contributed by atoms with E-state index in [1.807, 2.05) is 68.4 Å². The molecule has 0 spiro atoms. The van der Waals surface area contributed by atoms with Crippen molar-refractivity contribution in [3.63, 3.8) is 0 Å². The number of carbonyl (C=O) groups is 3. The first-order valence-corrected chi connectivity index (χ1v) is 11.5. The van der Waals surface area contributed by atoms with Crippen molar-refractivity contribution in [1.82, 2.24) is 5.32 Å². The van der Waals surface area contributed by atoms with E-state index < -0.39 is 5.97 Å². The van der Waals surface area contributed by atoms with Crippen LogP contribution in [0.1, 0.15) is 43.4 Å². The molecule has 0 aliphatic rings. The van der Waals surface area contributed by atoms with Gasteiger partial charge < -0.3 is 20.1 Å². The number of carbonyl (C=O) groups excluding carboxylic acids is 3. The maximum atomic E-state index is 12.2. The molecular weight excluding hydrogens is 444 g/mol. The van der Waals surface area contributed by atoms with Crippen molar-refractivity contribution in [2.75, 3.05) is 11.9 Å². The molecule has 3 aromatic carbocycles. The number of esters is 1. The molecule has 35 heavy (non-hydrogen) atoms. The van der Waals surface area contributed by atoms with E-state index in [1.165, 1.54) is 0 Å². The third kappa shape index (κ3) is 8.97. The molecular formula is C28H30N2O5. The largest absolute Gasteiger partial charge is 0.457 e. The highest BCUT2D eigenvalue weighted by Crippen LogP contribution is 2.23. The van der Waals surface area contributed by atoms with Crippen LogP contribution in [0.15, 0.2) is 78.9 Å². The molecule has 0 bridgehead atoms. The van der Waals surface area contributed by atoms with E-state index in [0.717, 1.165) is 16.9 Å². The Labute approximate surface area is 205 Å². The molecule has 0 aliphatic heterocycles. The maximum absolute atomic E-state index is 12.2. The van der Waals surface area contributed by atoms with Gasteiger partial charge in [-0.25, -0.2) is 0 Å². The van der Waals surface area contributed by atoms with Crippen LogP contribution < -0.4 is 15.4 Å². The second-order valence-electron chi connectivity index (χ2n) is 8.21. The first-order chi connectivity index (χ1) is 16.9. The zero-order valence-corrected chi connectivity index (χ0v) is 20.0. The third-order valence-corrected chi connectivity index (χ3v) is 5.19. The van der Waals surface area contributed by atoms with E-state index >= 15 is 0 Å². The summed E-state index contributed by atoms with van der Waals surface area (Å²) in [5, 5.41) is 5.58. The molecule has 0 aromatic heterocycles. The number of hydrogen-bond donors (Lipinski definition) is 2. The Morgan fingerprint density at radius 2 is 1.57 bits per heavy atom. The fourth-order valence-corrected chi connectivity index (χ4v) is 3.36. The fourth-order valence-electron chi connectivity index (χ4n) is 3.36. The Morgan fingerprint density at radius 3 is 2.29 bits per heavy atom. The molecule has 7 nitrogen and oxygen atoms in total. The highest BCUT2D eigenvalue weighted by atomic mass is 16.5. The van der Waals surface area contributed by atoms with Gasteiger partial charge in [0.05, 0.1) is 6.04 Å². The van der Waals surface area contributed by atoms with Gasteiger partial charge in [-0.05, 0) is 67.8 Å². The minimum Gasteiger partial charge on any atom is -0.457 e. The van der Waals surface area contributed by atoms with Crippen LogP contribution in [0.25, 0.3) is 0 Å². The lowest BCUT2D eigenvalue weighted by Crippen LogP contribution is -2.31.